The first-order valence-electron chi connectivity index (χ1n) is 6.40. The van der Waals surface area contributed by atoms with E-state index in [0.29, 0.717) is 25.3 Å². The molecule has 104 valence electrons. The summed E-state index contributed by atoms with van der Waals surface area (Å²) in [6.45, 7) is 8.97. The SMILES string of the molecule is CC(C)C(C)(C)CNC(=O)[C@@H]1CC[C@H](C(=O)O)O1. The van der Waals surface area contributed by atoms with Gasteiger partial charge >= 0.3 is 5.97 Å². The van der Waals surface area contributed by atoms with Crippen LogP contribution in [-0.2, 0) is 14.3 Å². The maximum Gasteiger partial charge on any atom is 0.332 e. The Kier molecular flexibility index (Phi) is 4.73. The van der Waals surface area contributed by atoms with Crippen LogP contribution in [0.15, 0.2) is 0 Å². The number of carboxylic acids is 1. The first-order valence-corrected chi connectivity index (χ1v) is 6.40. The molecule has 1 heterocycles. The topological polar surface area (TPSA) is 75.6 Å². The molecule has 0 bridgehead atoms. The lowest BCUT2D eigenvalue weighted by Gasteiger charge is -2.29. The van der Waals surface area contributed by atoms with Gasteiger partial charge in [-0.3, -0.25) is 4.79 Å². The molecule has 2 atom stereocenters. The summed E-state index contributed by atoms with van der Waals surface area (Å²) < 4.78 is 5.20. The maximum absolute atomic E-state index is 11.9. The molecular formula is C13H23NO4. The number of aliphatic carboxylic acids is 1. The number of hydrogen-bond donors (Lipinski definition) is 2. The maximum atomic E-state index is 11.9. The van der Waals surface area contributed by atoms with Crippen LogP contribution >= 0.6 is 0 Å². The van der Waals surface area contributed by atoms with Gasteiger partial charge in [0.05, 0.1) is 0 Å². The first-order chi connectivity index (χ1) is 8.24. The molecule has 0 saturated carbocycles. The molecule has 0 aromatic carbocycles. The van der Waals surface area contributed by atoms with E-state index in [1.165, 1.54) is 0 Å². The van der Waals surface area contributed by atoms with Crippen molar-refractivity contribution in [1.82, 2.24) is 5.32 Å². The van der Waals surface area contributed by atoms with Crippen molar-refractivity contribution in [3.8, 4) is 0 Å². The van der Waals surface area contributed by atoms with Gasteiger partial charge in [-0.1, -0.05) is 27.7 Å². The third-order valence-corrected chi connectivity index (χ3v) is 3.87. The van der Waals surface area contributed by atoms with Crippen molar-refractivity contribution in [2.24, 2.45) is 11.3 Å². The Hall–Kier alpha value is -1.10. The molecule has 0 aromatic heterocycles. The van der Waals surface area contributed by atoms with Gasteiger partial charge in [-0.2, -0.15) is 0 Å². The lowest BCUT2D eigenvalue weighted by atomic mass is 9.81. The predicted molar refractivity (Wildman–Crippen MR) is 67.2 cm³/mol. The highest BCUT2D eigenvalue weighted by molar-refractivity contribution is 5.82. The van der Waals surface area contributed by atoms with Crippen LogP contribution in [0.1, 0.15) is 40.5 Å². The average molecular weight is 257 g/mol. The lowest BCUT2D eigenvalue weighted by molar-refractivity contribution is -0.151. The predicted octanol–water partition coefficient (Wildman–Crippen LogP) is 1.42. The molecule has 1 aliphatic rings. The molecular weight excluding hydrogens is 234 g/mol. The molecule has 5 heteroatoms. The zero-order chi connectivity index (χ0) is 13.9. The zero-order valence-electron chi connectivity index (χ0n) is 11.5. The van der Waals surface area contributed by atoms with Crippen molar-refractivity contribution < 1.29 is 19.4 Å². The van der Waals surface area contributed by atoms with Gasteiger partial charge < -0.3 is 15.2 Å². The number of ether oxygens (including phenoxy) is 1. The second kappa shape index (κ2) is 5.69. The van der Waals surface area contributed by atoms with Crippen LogP contribution in [0.5, 0.6) is 0 Å². The molecule has 0 aromatic rings. The summed E-state index contributed by atoms with van der Waals surface area (Å²) in [4.78, 5) is 22.6. The van der Waals surface area contributed by atoms with Gasteiger partial charge in [0.1, 0.15) is 6.10 Å². The first kappa shape index (κ1) is 15.0. The normalized spacial score (nSPS) is 24.3. The van der Waals surface area contributed by atoms with Crippen molar-refractivity contribution >= 4 is 11.9 Å². The van der Waals surface area contributed by atoms with Crippen molar-refractivity contribution in [3.63, 3.8) is 0 Å². The van der Waals surface area contributed by atoms with Crippen LogP contribution in [0.3, 0.4) is 0 Å². The van der Waals surface area contributed by atoms with Crippen LogP contribution in [0.4, 0.5) is 0 Å². The molecule has 0 spiro atoms. The Bertz CT molecular complexity index is 325. The zero-order valence-corrected chi connectivity index (χ0v) is 11.5. The molecule has 1 fully saturated rings. The van der Waals surface area contributed by atoms with E-state index in [0.717, 1.165) is 0 Å². The fourth-order valence-corrected chi connectivity index (χ4v) is 1.64. The van der Waals surface area contributed by atoms with Gasteiger partial charge in [0.25, 0.3) is 0 Å². The highest BCUT2D eigenvalue weighted by atomic mass is 16.5. The Morgan fingerprint density at radius 1 is 1.33 bits per heavy atom. The average Bonchev–Trinajstić information content (AvgIpc) is 2.75. The minimum atomic E-state index is -0.993. The Labute approximate surface area is 108 Å². The van der Waals surface area contributed by atoms with E-state index in [1.807, 2.05) is 0 Å². The van der Waals surface area contributed by atoms with E-state index < -0.39 is 18.2 Å². The minimum Gasteiger partial charge on any atom is -0.479 e. The third kappa shape index (κ3) is 3.70. The van der Waals surface area contributed by atoms with Crippen LogP contribution in [0.2, 0.25) is 0 Å². The number of carbonyl (C=O) groups excluding carboxylic acids is 1. The van der Waals surface area contributed by atoms with Gasteiger partial charge in [-0.15, -0.1) is 0 Å². The molecule has 18 heavy (non-hydrogen) atoms. The van der Waals surface area contributed by atoms with Crippen molar-refractivity contribution in [1.29, 1.82) is 0 Å². The van der Waals surface area contributed by atoms with Crippen molar-refractivity contribution in [2.45, 2.75) is 52.7 Å². The van der Waals surface area contributed by atoms with Crippen LogP contribution in [-0.4, -0.2) is 35.7 Å². The Morgan fingerprint density at radius 3 is 2.33 bits per heavy atom. The van der Waals surface area contributed by atoms with Gasteiger partial charge in [-0.05, 0) is 24.2 Å². The highest BCUT2D eigenvalue weighted by Crippen LogP contribution is 2.25. The summed E-state index contributed by atoms with van der Waals surface area (Å²) in [6, 6.07) is 0. The molecule has 2 N–H and O–H groups in total. The molecule has 0 aliphatic carbocycles. The minimum absolute atomic E-state index is 0.0143. The second-order valence-electron chi connectivity index (χ2n) is 5.89. The van der Waals surface area contributed by atoms with E-state index in [1.54, 1.807) is 0 Å². The molecule has 0 radical (unpaired) electrons. The molecule has 5 nitrogen and oxygen atoms in total. The molecule has 1 saturated heterocycles. The van der Waals surface area contributed by atoms with Crippen LogP contribution in [0, 0.1) is 11.3 Å². The summed E-state index contributed by atoms with van der Waals surface area (Å²) in [5.74, 6) is -0.741. The Morgan fingerprint density at radius 2 is 1.89 bits per heavy atom. The van der Waals surface area contributed by atoms with Gasteiger partial charge in [0.15, 0.2) is 6.10 Å². The molecule has 1 aliphatic heterocycles. The van der Waals surface area contributed by atoms with Crippen molar-refractivity contribution in [2.75, 3.05) is 6.54 Å². The number of carbonyl (C=O) groups is 2. The quantitative estimate of drug-likeness (QED) is 0.781. The monoisotopic (exact) mass is 257 g/mol. The smallest absolute Gasteiger partial charge is 0.332 e. The summed E-state index contributed by atoms with van der Waals surface area (Å²) in [5.41, 5.74) is 0.0143. The molecule has 1 amide bonds. The summed E-state index contributed by atoms with van der Waals surface area (Å²) in [6.07, 6.45) is -0.570. The summed E-state index contributed by atoms with van der Waals surface area (Å²) >= 11 is 0. The number of hydrogen-bond acceptors (Lipinski definition) is 3. The van der Waals surface area contributed by atoms with E-state index in [2.05, 4.69) is 33.0 Å². The number of rotatable bonds is 5. The largest absolute Gasteiger partial charge is 0.479 e. The lowest BCUT2D eigenvalue weighted by Crippen LogP contribution is -2.42. The van der Waals surface area contributed by atoms with Crippen molar-refractivity contribution in [3.05, 3.63) is 0 Å². The highest BCUT2D eigenvalue weighted by Gasteiger charge is 2.35. The van der Waals surface area contributed by atoms with E-state index in [9.17, 15) is 9.59 Å². The van der Waals surface area contributed by atoms with E-state index >= 15 is 0 Å². The van der Waals surface area contributed by atoms with Gasteiger partial charge in [0, 0.05) is 6.54 Å². The fraction of sp³-hybridized carbons (Fsp3) is 0.846. The van der Waals surface area contributed by atoms with Gasteiger partial charge in [-0.25, -0.2) is 4.79 Å². The third-order valence-electron chi connectivity index (χ3n) is 3.87. The Balaban J connectivity index is 2.41. The summed E-state index contributed by atoms with van der Waals surface area (Å²) in [7, 11) is 0. The number of carboxylic acid groups (broad SMARTS) is 1. The van der Waals surface area contributed by atoms with Crippen LogP contribution in [0.25, 0.3) is 0 Å². The number of nitrogens with one attached hydrogen (secondary N) is 1. The fourth-order valence-electron chi connectivity index (χ4n) is 1.64. The summed E-state index contributed by atoms with van der Waals surface area (Å²) in [5, 5.41) is 11.6. The second-order valence-corrected chi connectivity index (χ2v) is 5.89. The van der Waals surface area contributed by atoms with Gasteiger partial charge in [0.2, 0.25) is 5.91 Å². The van der Waals surface area contributed by atoms with E-state index in [-0.39, 0.29) is 11.3 Å². The van der Waals surface area contributed by atoms with Crippen LogP contribution < -0.4 is 5.32 Å². The van der Waals surface area contributed by atoms with E-state index in [4.69, 9.17) is 9.84 Å². The molecule has 1 rings (SSSR count). The standard InChI is InChI=1S/C13H23NO4/c1-8(2)13(3,4)7-14-11(15)9-5-6-10(18-9)12(16)17/h8-10H,5-7H2,1-4H3,(H,14,15)(H,16,17)/t9-,10+/m0/s1. The number of amides is 1. The molecule has 0 unspecified atom stereocenters.